The minimum Gasteiger partial charge on any atom is -0.549 e. The van der Waals surface area contributed by atoms with Crippen molar-refractivity contribution in [3.05, 3.63) is 29.8 Å². The van der Waals surface area contributed by atoms with E-state index in [-0.39, 0.29) is 24.6 Å². The summed E-state index contributed by atoms with van der Waals surface area (Å²) in [6.45, 7) is -0.726. The number of hydrogen-bond acceptors (Lipinski definition) is 4. The molecular formula is C8H7FLiNO3. The maximum atomic E-state index is 12.9. The maximum Gasteiger partial charge on any atom is 1.00 e. The zero-order valence-corrected chi connectivity index (χ0v) is 7.61. The summed E-state index contributed by atoms with van der Waals surface area (Å²) >= 11 is 0. The zero-order chi connectivity index (χ0) is 9.84. The Morgan fingerprint density at radius 1 is 1.71 bits per heavy atom. The van der Waals surface area contributed by atoms with E-state index in [2.05, 4.69) is 4.98 Å². The molecule has 6 heteroatoms. The molecule has 0 fully saturated rings. The number of nitrogens with zero attached hydrogens (tertiary/aromatic N) is 1. The molecule has 0 aliphatic rings. The van der Waals surface area contributed by atoms with Gasteiger partial charge in [-0.15, -0.1) is 0 Å². The summed E-state index contributed by atoms with van der Waals surface area (Å²) in [4.78, 5) is 13.9. The van der Waals surface area contributed by atoms with E-state index < -0.39 is 24.3 Å². The first-order valence-electron chi connectivity index (χ1n) is 3.59. The number of halogens is 1. The van der Waals surface area contributed by atoms with Gasteiger partial charge >= 0.3 is 18.9 Å². The topological polar surface area (TPSA) is 73.2 Å². The molecule has 1 N–H and O–H groups in total. The van der Waals surface area contributed by atoms with Gasteiger partial charge in [0.1, 0.15) is 5.82 Å². The van der Waals surface area contributed by atoms with Crippen molar-refractivity contribution in [2.45, 2.75) is 5.92 Å². The predicted octanol–water partition coefficient (Wildman–Crippen LogP) is -3.95. The van der Waals surface area contributed by atoms with E-state index in [0.717, 1.165) is 6.07 Å². The molecule has 1 unspecified atom stereocenters. The number of aliphatic carboxylic acids is 1. The molecule has 0 aliphatic heterocycles. The number of aliphatic hydroxyl groups excluding tert-OH is 1. The molecule has 70 valence electrons. The van der Waals surface area contributed by atoms with Gasteiger partial charge in [-0.25, -0.2) is 4.39 Å². The van der Waals surface area contributed by atoms with Crippen molar-refractivity contribution in [1.29, 1.82) is 0 Å². The molecule has 0 spiro atoms. The Kier molecular flexibility index (Phi) is 5.39. The van der Waals surface area contributed by atoms with Crippen molar-refractivity contribution in [2.75, 3.05) is 6.61 Å². The van der Waals surface area contributed by atoms with Gasteiger partial charge in [0.15, 0.2) is 0 Å². The third-order valence-electron chi connectivity index (χ3n) is 1.58. The number of carboxylic acid groups (broad SMARTS) is 1. The van der Waals surface area contributed by atoms with Crippen LogP contribution in [0.15, 0.2) is 18.3 Å². The third-order valence-corrected chi connectivity index (χ3v) is 1.58. The van der Waals surface area contributed by atoms with Crippen LogP contribution in [-0.4, -0.2) is 22.7 Å². The normalized spacial score (nSPS) is 11.6. The number of aliphatic hydroxyl groups is 1. The van der Waals surface area contributed by atoms with E-state index in [1.54, 1.807) is 0 Å². The van der Waals surface area contributed by atoms with Crippen LogP contribution in [0.4, 0.5) is 4.39 Å². The first-order valence-corrected chi connectivity index (χ1v) is 3.59. The Bertz CT molecular complexity index is 321. The summed E-state index contributed by atoms with van der Waals surface area (Å²) in [6, 6.07) is 2.41. The molecule has 0 aliphatic carbocycles. The molecule has 0 amide bonds. The van der Waals surface area contributed by atoms with Crippen molar-refractivity contribution in [2.24, 2.45) is 0 Å². The van der Waals surface area contributed by atoms with Crippen LogP contribution in [0.5, 0.6) is 0 Å². The van der Waals surface area contributed by atoms with E-state index in [9.17, 15) is 14.3 Å². The molecule has 4 nitrogen and oxygen atoms in total. The van der Waals surface area contributed by atoms with Gasteiger partial charge in [0.05, 0.1) is 24.2 Å². The zero-order valence-electron chi connectivity index (χ0n) is 7.61. The summed E-state index contributed by atoms with van der Waals surface area (Å²) in [5, 5.41) is 19.1. The van der Waals surface area contributed by atoms with Crippen LogP contribution in [0, 0.1) is 5.82 Å². The van der Waals surface area contributed by atoms with E-state index >= 15 is 0 Å². The van der Waals surface area contributed by atoms with Crippen LogP contribution < -0.4 is 24.0 Å². The second kappa shape index (κ2) is 5.76. The molecule has 1 aromatic rings. The number of carbonyl (C=O) groups is 1. The van der Waals surface area contributed by atoms with Crippen LogP contribution in [0.25, 0.3) is 0 Å². The molecule has 0 bridgehead atoms. The number of carboxylic acids is 1. The maximum absolute atomic E-state index is 12.9. The van der Waals surface area contributed by atoms with Gasteiger partial charge in [-0.05, 0) is 12.1 Å². The third kappa shape index (κ3) is 2.81. The van der Waals surface area contributed by atoms with Gasteiger partial charge in [-0.2, -0.15) is 0 Å². The fraction of sp³-hybridized carbons (Fsp3) is 0.250. The van der Waals surface area contributed by atoms with Gasteiger partial charge in [-0.1, -0.05) is 0 Å². The Hall–Kier alpha value is -0.893. The van der Waals surface area contributed by atoms with Gasteiger partial charge in [0.2, 0.25) is 0 Å². The standard InChI is InChI=1S/C8H8FNO3.Li/c9-6-2-1-3-10-7(6)5(4-11)8(12)13;/h1-3,5,11H,4H2,(H,12,13);/q;+1/p-1. The van der Waals surface area contributed by atoms with Gasteiger partial charge in [0.25, 0.3) is 0 Å². The SMILES string of the molecule is O=C([O-])C(CO)c1ncccc1F.[Li+]. The molecular weight excluding hydrogens is 184 g/mol. The van der Waals surface area contributed by atoms with Gasteiger partial charge in [0, 0.05) is 6.20 Å². The Balaban J connectivity index is 0.00000169. The monoisotopic (exact) mass is 191 g/mol. The summed E-state index contributed by atoms with van der Waals surface area (Å²) in [7, 11) is 0. The van der Waals surface area contributed by atoms with Crippen LogP contribution in [0.2, 0.25) is 0 Å². The smallest absolute Gasteiger partial charge is 0.549 e. The number of aromatic nitrogens is 1. The second-order valence-electron chi connectivity index (χ2n) is 2.42. The van der Waals surface area contributed by atoms with Crippen LogP contribution in [-0.2, 0) is 4.79 Å². The second-order valence-corrected chi connectivity index (χ2v) is 2.42. The van der Waals surface area contributed by atoms with Crippen LogP contribution in [0.1, 0.15) is 11.6 Å². The summed E-state index contributed by atoms with van der Waals surface area (Å²) in [5.41, 5.74) is -0.301. The Morgan fingerprint density at radius 3 is 2.79 bits per heavy atom. The summed E-state index contributed by atoms with van der Waals surface area (Å²) in [5.74, 6) is -3.70. The summed E-state index contributed by atoms with van der Waals surface area (Å²) in [6.07, 6.45) is 1.25. The summed E-state index contributed by atoms with van der Waals surface area (Å²) < 4.78 is 12.9. The van der Waals surface area contributed by atoms with Gasteiger partial charge < -0.3 is 15.0 Å². The number of pyridine rings is 1. The molecule has 0 saturated heterocycles. The van der Waals surface area contributed by atoms with Crippen molar-refractivity contribution >= 4 is 5.97 Å². The molecule has 0 radical (unpaired) electrons. The molecule has 0 aromatic carbocycles. The molecule has 1 aromatic heterocycles. The van der Waals surface area contributed by atoms with Crippen LogP contribution >= 0.6 is 0 Å². The molecule has 14 heavy (non-hydrogen) atoms. The van der Waals surface area contributed by atoms with Gasteiger partial charge in [-0.3, -0.25) is 4.98 Å². The quantitative estimate of drug-likeness (QED) is 0.495. The van der Waals surface area contributed by atoms with E-state index in [1.165, 1.54) is 12.3 Å². The largest absolute Gasteiger partial charge is 1.00 e. The fourth-order valence-corrected chi connectivity index (χ4v) is 0.927. The molecule has 1 rings (SSSR count). The fourth-order valence-electron chi connectivity index (χ4n) is 0.927. The number of carbonyl (C=O) groups excluding carboxylic acids is 1. The van der Waals surface area contributed by atoms with Crippen LogP contribution in [0.3, 0.4) is 0 Å². The van der Waals surface area contributed by atoms with E-state index in [0.29, 0.717) is 0 Å². The first kappa shape index (κ1) is 13.1. The molecule has 1 atom stereocenters. The molecule has 1 heterocycles. The predicted molar refractivity (Wildman–Crippen MR) is 39.0 cm³/mol. The van der Waals surface area contributed by atoms with Crippen molar-refractivity contribution in [3.8, 4) is 0 Å². The van der Waals surface area contributed by atoms with Crippen molar-refractivity contribution < 1.29 is 38.3 Å². The minimum atomic E-state index is -1.54. The first-order chi connectivity index (χ1) is 6.16. The molecule has 0 saturated carbocycles. The van der Waals surface area contributed by atoms with Crippen molar-refractivity contribution in [3.63, 3.8) is 0 Å². The van der Waals surface area contributed by atoms with E-state index in [4.69, 9.17) is 5.11 Å². The minimum absolute atomic E-state index is 0. The number of hydrogen-bond donors (Lipinski definition) is 1. The number of rotatable bonds is 3. The average Bonchev–Trinajstić information content (AvgIpc) is 2.09. The Morgan fingerprint density at radius 2 is 2.36 bits per heavy atom. The average molecular weight is 191 g/mol. The van der Waals surface area contributed by atoms with E-state index in [1.807, 2.05) is 0 Å². The van der Waals surface area contributed by atoms with Crippen molar-refractivity contribution in [1.82, 2.24) is 4.98 Å². The Labute approximate surface area is 92.0 Å².